The summed E-state index contributed by atoms with van der Waals surface area (Å²) in [7, 11) is 1.48. The van der Waals surface area contributed by atoms with Crippen LogP contribution in [0.4, 0.5) is 0 Å². The summed E-state index contributed by atoms with van der Waals surface area (Å²) >= 11 is 5.92. The standard InChI is InChI=1S/C14H16ClNO4/c1-20-12-5-4-10(15)7-11(12)13(17)16-6-2-3-9(8-16)14(18)19/h4-5,7,9H,2-3,6,8H2,1H3,(H,18,19)/t9-/m0/s1. The molecule has 0 unspecified atom stereocenters. The Hall–Kier alpha value is -1.75. The molecule has 0 bridgehead atoms. The van der Waals surface area contributed by atoms with E-state index in [9.17, 15) is 9.59 Å². The molecule has 5 nitrogen and oxygen atoms in total. The summed E-state index contributed by atoms with van der Waals surface area (Å²) in [6.45, 7) is 0.780. The van der Waals surface area contributed by atoms with Gasteiger partial charge in [0.15, 0.2) is 0 Å². The van der Waals surface area contributed by atoms with Gasteiger partial charge in [-0.05, 0) is 31.0 Å². The molecule has 0 aromatic heterocycles. The van der Waals surface area contributed by atoms with Crippen LogP contribution in [-0.4, -0.2) is 42.1 Å². The Labute approximate surface area is 122 Å². The van der Waals surface area contributed by atoms with E-state index in [1.807, 2.05) is 0 Å². The zero-order valence-corrected chi connectivity index (χ0v) is 11.9. The number of aliphatic carboxylic acids is 1. The number of carboxylic acids is 1. The van der Waals surface area contributed by atoms with Crippen molar-refractivity contribution in [2.75, 3.05) is 20.2 Å². The van der Waals surface area contributed by atoms with Crippen molar-refractivity contribution in [1.82, 2.24) is 4.90 Å². The van der Waals surface area contributed by atoms with E-state index in [0.717, 1.165) is 0 Å². The number of benzene rings is 1. The number of halogens is 1. The van der Waals surface area contributed by atoms with Gasteiger partial charge in [-0.1, -0.05) is 11.6 Å². The Morgan fingerprint density at radius 2 is 2.20 bits per heavy atom. The quantitative estimate of drug-likeness (QED) is 0.929. The van der Waals surface area contributed by atoms with E-state index in [-0.39, 0.29) is 12.5 Å². The monoisotopic (exact) mass is 297 g/mol. The molecule has 1 N–H and O–H groups in total. The Bertz CT molecular complexity index is 532. The molecule has 6 heteroatoms. The van der Waals surface area contributed by atoms with E-state index in [0.29, 0.717) is 35.7 Å². The SMILES string of the molecule is COc1ccc(Cl)cc1C(=O)N1CCC[C@H](C(=O)O)C1. The van der Waals surface area contributed by atoms with Gasteiger partial charge in [-0.2, -0.15) is 0 Å². The lowest BCUT2D eigenvalue weighted by molar-refractivity contribution is -0.143. The summed E-state index contributed by atoms with van der Waals surface area (Å²) in [5, 5.41) is 9.51. The van der Waals surface area contributed by atoms with Gasteiger partial charge in [0.1, 0.15) is 5.75 Å². The van der Waals surface area contributed by atoms with Crippen LogP contribution < -0.4 is 4.74 Å². The summed E-state index contributed by atoms with van der Waals surface area (Å²) in [6.07, 6.45) is 1.29. The van der Waals surface area contributed by atoms with Crippen LogP contribution >= 0.6 is 11.6 Å². The van der Waals surface area contributed by atoms with Crippen LogP contribution in [0, 0.1) is 5.92 Å². The Morgan fingerprint density at radius 1 is 1.45 bits per heavy atom. The number of hydrogen-bond acceptors (Lipinski definition) is 3. The van der Waals surface area contributed by atoms with Gasteiger partial charge in [0.2, 0.25) is 0 Å². The number of hydrogen-bond donors (Lipinski definition) is 1. The first-order valence-corrected chi connectivity index (χ1v) is 6.76. The average Bonchev–Trinajstić information content (AvgIpc) is 2.46. The molecule has 0 aliphatic carbocycles. The van der Waals surface area contributed by atoms with Crippen molar-refractivity contribution < 1.29 is 19.4 Å². The van der Waals surface area contributed by atoms with Gasteiger partial charge >= 0.3 is 5.97 Å². The van der Waals surface area contributed by atoms with Gasteiger partial charge in [0, 0.05) is 18.1 Å². The molecule has 0 spiro atoms. The third kappa shape index (κ3) is 3.04. The highest BCUT2D eigenvalue weighted by molar-refractivity contribution is 6.31. The molecule has 1 aliphatic rings. The summed E-state index contributed by atoms with van der Waals surface area (Å²) in [5.41, 5.74) is 0.367. The number of carboxylic acid groups (broad SMARTS) is 1. The maximum absolute atomic E-state index is 12.5. The number of ether oxygens (including phenoxy) is 1. The Balaban J connectivity index is 2.22. The molecular weight excluding hydrogens is 282 g/mol. The van der Waals surface area contributed by atoms with Crippen molar-refractivity contribution in [3.8, 4) is 5.75 Å². The maximum atomic E-state index is 12.5. The zero-order chi connectivity index (χ0) is 14.7. The fraction of sp³-hybridized carbons (Fsp3) is 0.429. The Morgan fingerprint density at radius 3 is 2.85 bits per heavy atom. The van der Waals surface area contributed by atoms with Crippen molar-refractivity contribution in [2.24, 2.45) is 5.92 Å². The topological polar surface area (TPSA) is 66.8 Å². The summed E-state index contributed by atoms with van der Waals surface area (Å²) in [6, 6.07) is 4.83. The van der Waals surface area contributed by atoms with Crippen molar-refractivity contribution in [3.63, 3.8) is 0 Å². The molecule has 1 aromatic rings. The number of piperidine rings is 1. The number of likely N-dealkylation sites (tertiary alicyclic amines) is 1. The van der Waals surface area contributed by atoms with Crippen molar-refractivity contribution in [1.29, 1.82) is 0 Å². The van der Waals surface area contributed by atoms with Gasteiger partial charge in [-0.3, -0.25) is 9.59 Å². The first-order valence-electron chi connectivity index (χ1n) is 6.38. The van der Waals surface area contributed by atoms with Gasteiger partial charge < -0.3 is 14.7 Å². The molecule has 2 rings (SSSR count). The van der Waals surface area contributed by atoms with E-state index in [1.54, 1.807) is 23.1 Å². The zero-order valence-electron chi connectivity index (χ0n) is 11.1. The highest BCUT2D eigenvalue weighted by atomic mass is 35.5. The fourth-order valence-corrected chi connectivity index (χ4v) is 2.55. The van der Waals surface area contributed by atoms with Crippen LogP contribution in [0.2, 0.25) is 5.02 Å². The Kier molecular flexibility index (Phi) is 4.49. The average molecular weight is 298 g/mol. The van der Waals surface area contributed by atoms with Crippen LogP contribution in [-0.2, 0) is 4.79 Å². The number of carbonyl (C=O) groups excluding carboxylic acids is 1. The first-order chi connectivity index (χ1) is 9.52. The lowest BCUT2D eigenvalue weighted by atomic mass is 9.97. The molecule has 20 heavy (non-hydrogen) atoms. The molecule has 1 saturated heterocycles. The second kappa shape index (κ2) is 6.13. The molecule has 1 heterocycles. The second-order valence-electron chi connectivity index (χ2n) is 4.77. The van der Waals surface area contributed by atoms with Crippen LogP contribution in [0.5, 0.6) is 5.75 Å². The molecule has 1 fully saturated rings. The number of carbonyl (C=O) groups is 2. The molecule has 1 atom stereocenters. The van der Waals surface area contributed by atoms with Crippen LogP contribution in [0.3, 0.4) is 0 Å². The lowest BCUT2D eigenvalue weighted by Crippen LogP contribution is -2.42. The molecule has 0 radical (unpaired) electrons. The van der Waals surface area contributed by atoms with Gasteiger partial charge in [0.25, 0.3) is 5.91 Å². The number of amides is 1. The number of nitrogens with zero attached hydrogens (tertiary/aromatic N) is 1. The highest BCUT2D eigenvalue weighted by Gasteiger charge is 2.29. The predicted octanol–water partition coefficient (Wildman–Crippen LogP) is 2.29. The third-order valence-corrected chi connectivity index (χ3v) is 3.68. The molecule has 108 valence electrons. The summed E-state index contributed by atoms with van der Waals surface area (Å²) in [4.78, 5) is 25.1. The smallest absolute Gasteiger partial charge is 0.308 e. The van der Waals surface area contributed by atoms with E-state index >= 15 is 0 Å². The first kappa shape index (κ1) is 14.7. The summed E-state index contributed by atoms with van der Waals surface area (Å²) in [5.74, 6) is -1.16. The number of rotatable bonds is 3. The van der Waals surface area contributed by atoms with Crippen LogP contribution in [0.25, 0.3) is 0 Å². The van der Waals surface area contributed by atoms with Gasteiger partial charge in [0.05, 0.1) is 18.6 Å². The number of methoxy groups -OCH3 is 1. The molecular formula is C14H16ClNO4. The second-order valence-corrected chi connectivity index (χ2v) is 5.21. The van der Waals surface area contributed by atoms with Gasteiger partial charge in [-0.25, -0.2) is 0 Å². The lowest BCUT2D eigenvalue weighted by Gasteiger charge is -2.31. The minimum Gasteiger partial charge on any atom is -0.496 e. The third-order valence-electron chi connectivity index (χ3n) is 3.45. The normalized spacial score (nSPS) is 18.7. The largest absolute Gasteiger partial charge is 0.496 e. The molecule has 1 amide bonds. The van der Waals surface area contributed by atoms with E-state index in [2.05, 4.69) is 0 Å². The van der Waals surface area contributed by atoms with Crippen molar-refractivity contribution >= 4 is 23.5 Å². The van der Waals surface area contributed by atoms with E-state index in [4.69, 9.17) is 21.4 Å². The summed E-state index contributed by atoms with van der Waals surface area (Å²) < 4.78 is 5.16. The minimum atomic E-state index is -0.861. The predicted molar refractivity (Wildman–Crippen MR) is 74.3 cm³/mol. The van der Waals surface area contributed by atoms with Crippen LogP contribution in [0.15, 0.2) is 18.2 Å². The highest BCUT2D eigenvalue weighted by Crippen LogP contribution is 2.26. The van der Waals surface area contributed by atoms with Gasteiger partial charge in [-0.15, -0.1) is 0 Å². The molecule has 1 aliphatic heterocycles. The maximum Gasteiger partial charge on any atom is 0.308 e. The van der Waals surface area contributed by atoms with Crippen molar-refractivity contribution in [2.45, 2.75) is 12.8 Å². The van der Waals surface area contributed by atoms with Crippen LogP contribution in [0.1, 0.15) is 23.2 Å². The minimum absolute atomic E-state index is 0.226. The van der Waals surface area contributed by atoms with E-state index in [1.165, 1.54) is 7.11 Å². The van der Waals surface area contributed by atoms with E-state index < -0.39 is 11.9 Å². The molecule has 0 saturated carbocycles. The van der Waals surface area contributed by atoms with Crippen molar-refractivity contribution in [3.05, 3.63) is 28.8 Å². The molecule has 1 aromatic carbocycles. The fourth-order valence-electron chi connectivity index (χ4n) is 2.38.